The molecule has 96 valence electrons. The molecule has 0 radical (unpaired) electrons. The van der Waals surface area contributed by atoms with Gasteiger partial charge in [0, 0.05) is 23.2 Å². The third kappa shape index (κ3) is 2.42. The van der Waals surface area contributed by atoms with Crippen LogP contribution in [0.3, 0.4) is 0 Å². The molecule has 2 heterocycles. The van der Waals surface area contributed by atoms with Crippen LogP contribution in [0, 0.1) is 5.92 Å². The van der Waals surface area contributed by atoms with Gasteiger partial charge in [-0.15, -0.1) is 22.9 Å². The van der Waals surface area contributed by atoms with Gasteiger partial charge in [0.25, 0.3) is 0 Å². The Balaban J connectivity index is 1.76. The lowest BCUT2D eigenvalue weighted by molar-refractivity contribution is 0.190. The lowest BCUT2D eigenvalue weighted by Gasteiger charge is -2.33. The molecule has 2 atom stereocenters. The van der Waals surface area contributed by atoms with Gasteiger partial charge in [-0.25, -0.2) is 0 Å². The molecule has 18 heavy (non-hydrogen) atoms. The predicted molar refractivity (Wildman–Crippen MR) is 80.5 cm³/mol. The van der Waals surface area contributed by atoms with Crippen LogP contribution in [-0.2, 0) is 6.54 Å². The topological polar surface area (TPSA) is 3.24 Å². The Morgan fingerprint density at radius 1 is 1.39 bits per heavy atom. The van der Waals surface area contributed by atoms with Crippen LogP contribution in [0.1, 0.15) is 18.9 Å². The van der Waals surface area contributed by atoms with E-state index in [0.717, 1.165) is 13.1 Å². The van der Waals surface area contributed by atoms with Crippen molar-refractivity contribution in [1.29, 1.82) is 0 Å². The van der Waals surface area contributed by atoms with Crippen LogP contribution in [0.5, 0.6) is 0 Å². The molecule has 1 nitrogen and oxygen atoms in total. The molecule has 0 amide bonds. The molecule has 1 aromatic heterocycles. The van der Waals surface area contributed by atoms with E-state index in [1.165, 1.54) is 28.6 Å². The fraction of sp³-hybridized carbons (Fsp3) is 0.467. The number of piperidine rings is 1. The molecule has 2 aromatic rings. The Morgan fingerprint density at radius 2 is 2.22 bits per heavy atom. The number of likely N-dealkylation sites (tertiary alicyclic amines) is 1. The highest BCUT2D eigenvalue weighted by molar-refractivity contribution is 7.17. The van der Waals surface area contributed by atoms with Crippen molar-refractivity contribution in [2.45, 2.75) is 25.3 Å². The lowest BCUT2D eigenvalue weighted by atomic mass is 9.98. The van der Waals surface area contributed by atoms with E-state index < -0.39 is 0 Å². The van der Waals surface area contributed by atoms with E-state index in [1.54, 1.807) is 0 Å². The van der Waals surface area contributed by atoms with Crippen molar-refractivity contribution >= 4 is 33.0 Å². The average molecular weight is 280 g/mol. The monoisotopic (exact) mass is 279 g/mol. The number of fused-ring (bicyclic) bond motifs is 1. The molecule has 0 aliphatic carbocycles. The van der Waals surface area contributed by atoms with Gasteiger partial charge in [-0.05, 0) is 41.3 Å². The largest absolute Gasteiger partial charge is 0.298 e. The Kier molecular flexibility index (Phi) is 3.60. The summed E-state index contributed by atoms with van der Waals surface area (Å²) in [7, 11) is 0. The minimum absolute atomic E-state index is 0.309. The van der Waals surface area contributed by atoms with Gasteiger partial charge < -0.3 is 0 Å². The second-order valence-corrected chi connectivity index (χ2v) is 6.75. The molecule has 1 saturated heterocycles. The highest BCUT2D eigenvalue weighted by Crippen LogP contribution is 2.29. The standard InChI is InChI=1S/C15H18ClNS/c1-11-6-7-17(9-14(11)16)8-12-10-18-15-5-3-2-4-13(12)15/h2-5,10-11,14H,6-9H2,1H3. The molecule has 0 saturated carbocycles. The second kappa shape index (κ2) is 5.20. The summed E-state index contributed by atoms with van der Waals surface area (Å²) in [5, 5.41) is 4.02. The zero-order chi connectivity index (χ0) is 12.5. The maximum absolute atomic E-state index is 6.38. The second-order valence-electron chi connectivity index (χ2n) is 5.27. The highest BCUT2D eigenvalue weighted by atomic mass is 35.5. The highest BCUT2D eigenvalue weighted by Gasteiger charge is 2.24. The Labute approximate surface area is 117 Å². The summed E-state index contributed by atoms with van der Waals surface area (Å²) in [6, 6.07) is 8.67. The number of hydrogen-bond acceptors (Lipinski definition) is 2. The SMILES string of the molecule is CC1CCN(Cc2csc3ccccc23)CC1Cl. The number of hydrogen-bond donors (Lipinski definition) is 0. The van der Waals surface area contributed by atoms with Gasteiger partial charge in [0.15, 0.2) is 0 Å². The van der Waals surface area contributed by atoms with E-state index in [2.05, 4.69) is 41.5 Å². The summed E-state index contributed by atoms with van der Waals surface area (Å²) >= 11 is 8.23. The van der Waals surface area contributed by atoms with Crippen molar-refractivity contribution in [3.8, 4) is 0 Å². The summed E-state index contributed by atoms with van der Waals surface area (Å²) in [5.74, 6) is 0.655. The molecule has 0 N–H and O–H groups in total. The Morgan fingerprint density at radius 3 is 3.06 bits per heavy atom. The number of benzene rings is 1. The van der Waals surface area contributed by atoms with Crippen LogP contribution in [0.2, 0.25) is 0 Å². The maximum Gasteiger partial charge on any atom is 0.0489 e. The van der Waals surface area contributed by atoms with Crippen LogP contribution in [0.15, 0.2) is 29.6 Å². The fourth-order valence-corrected chi connectivity index (χ4v) is 3.90. The average Bonchev–Trinajstić information content (AvgIpc) is 2.78. The molecular formula is C15H18ClNS. The molecule has 3 rings (SSSR count). The first-order valence-electron chi connectivity index (χ1n) is 6.55. The minimum Gasteiger partial charge on any atom is -0.298 e. The van der Waals surface area contributed by atoms with Gasteiger partial charge in [0.05, 0.1) is 0 Å². The molecule has 0 bridgehead atoms. The van der Waals surface area contributed by atoms with Gasteiger partial charge in [-0.1, -0.05) is 25.1 Å². The normalized spacial score (nSPS) is 25.7. The maximum atomic E-state index is 6.38. The smallest absolute Gasteiger partial charge is 0.0489 e. The van der Waals surface area contributed by atoms with Crippen molar-refractivity contribution in [2.24, 2.45) is 5.92 Å². The quantitative estimate of drug-likeness (QED) is 0.739. The van der Waals surface area contributed by atoms with E-state index >= 15 is 0 Å². The van der Waals surface area contributed by atoms with Gasteiger partial charge in [0.1, 0.15) is 0 Å². The molecule has 1 fully saturated rings. The molecule has 1 aromatic carbocycles. The third-order valence-corrected chi connectivity index (χ3v) is 5.49. The summed E-state index contributed by atoms with van der Waals surface area (Å²) in [4.78, 5) is 2.49. The summed E-state index contributed by atoms with van der Waals surface area (Å²) in [6.07, 6.45) is 1.22. The molecule has 1 aliphatic rings. The molecular weight excluding hydrogens is 262 g/mol. The summed E-state index contributed by atoms with van der Waals surface area (Å²) in [6.45, 7) is 5.50. The van der Waals surface area contributed by atoms with Crippen LogP contribution in [-0.4, -0.2) is 23.4 Å². The third-order valence-electron chi connectivity index (χ3n) is 3.91. The number of rotatable bonds is 2. The number of alkyl halides is 1. The van der Waals surface area contributed by atoms with Crippen LogP contribution >= 0.6 is 22.9 Å². The molecule has 3 heteroatoms. The first-order chi connectivity index (χ1) is 8.74. The van der Waals surface area contributed by atoms with Crippen molar-refractivity contribution in [2.75, 3.05) is 13.1 Å². The number of halogens is 1. The van der Waals surface area contributed by atoms with Crippen LogP contribution in [0.4, 0.5) is 0 Å². The fourth-order valence-electron chi connectivity index (χ4n) is 2.62. The molecule has 1 aliphatic heterocycles. The Bertz CT molecular complexity index is 536. The lowest BCUT2D eigenvalue weighted by Crippen LogP contribution is -2.39. The van der Waals surface area contributed by atoms with Crippen LogP contribution < -0.4 is 0 Å². The summed E-state index contributed by atoms with van der Waals surface area (Å²) in [5.41, 5.74) is 1.45. The van der Waals surface area contributed by atoms with Crippen molar-refractivity contribution in [3.05, 3.63) is 35.2 Å². The van der Waals surface area contributed by atoms with Crippen molar-refractivity contribution in [1.82, 2.24) is 4.90 Å². The zero-order valence-electron chi connectivity index (χ0n) is 10.6. The van der Waals surface area contributed by atoms with E-state index in [4.69, 9.17) is 11.6 Å². The Hall–Kier alpha value is -0.570. The predicted octanol–water partition coefficient (Wildman–Crippen LogP) is 4.35. The first kappa shape index (κ1) is 12.5. The number of thiophene rings is 1. The van der Waals surface area contributed by atoms with Crippen LogP contribution in [0.25, 0.3) is 10.1 Å². The van der Waals surface area contributed by atoms with Gasteiger partial charge in [-0.3, -0.25) is 4.90 Å². The van der Waals surface area contributed by atoms with Gasteiger partial charge >= 0.3 is 0 Å². The van der Waals surface area contributed by atoms with Gasteiger partial charge in [0.2, 0.25) is 0 Å². The van der Waals surface area contributed by atoms with E-state index in [0.29, 0.717) is 11.3 Å². The van der Waals surface area contributed by atoms with E-state index in [9.17, 15) is 0 Å². The van der Waals surface area contributed by atoms with E-state index in [1.807, 2.05) is 11.3 Å². The summed E-state index contributed by atoms with van der Waals surface area (Å²) < 4.78 is 1.39. The van der Waals surface area contributed by atoms with Crippen molar-refractivity contribution in [3.63, 3.8) is 0 Å². The zero-order valence-corrected chi connectivity index (χ0v) is 12.2. The van der Waals surface area contributed by atoms with Gasteiger partial charge in [-0.2, -0.15) is 0 Å². The van der Waals surface area contributed by atoms with E-state index in [-0.39, 0.29) is 0 Å². The molecule has 2 unspecified atom stereocenters. The minimum atomic E-state index is 0.309. The number of nitrogens with zero attached hydrogens (tertiary/aromatic N) is 1. The molecule has 0 spiro atoms. The first-order valence-corrected chi connectivity index (χ1v) is 7.87. The van der Waals surface area contributed by atoms with Crippen molar-refractivity contribution < 1.29 is 0 Å².